The van der Waals surface area contributed by atoms with Gasteiger partial charge in [-0.15, -0.1) is 0 Å². The molecule has 0 spiro atoms. The molecule has 0 fully saturated rings. The van der Waals surface area contributed by atoms with Crippen molar-refractivity contribution >= 4 is 37.7 Å². The summed E-state index contributed by atoms with van der Waals surface area (Å²) in [4.78, 5) is 8.99. The summed E-state index contributed by atoms with van der Waals surface area (Å²) in [7, 11) is 0. The van der Waals surface area contributed by atoms with Crippen molar-refractivity contribution in [2.24, 2.45) is 0 Å². The first-order chi connectivity index (χ1) is 9.56. The second kappa shape index (κ2) is 6.63. The van der Waals surface area contributed by atoms with Crippen LogP contribution >= 0.6 is 31.9 Å². The van der Waals surface area contributed by atoms with Gasteiger partial charge < -0.3 is 5.32 Å². The molecule has 0 atom stereocenters. The molecule has 2 aromatic rings. The summed E-state index contributed by atoms with van der Waals surface area (Å²) < 4.78 is 15.1. The van der Waals surface area contributed by atoms with Gasteiger partial charge >= 0.3 is 0 Å². The van der Waals surface area contributed by atoms with Crippen molar-refractivity contribution in [2.75, 3.05) is 11.9 Å². The van der Waals surface area contributed by atoms with Crippen LogP contribution in [0, 0.1) is 5.82 Å². The van der Waals surface area contributed by atoms with Gasteiger partial charge in [0.2, 0.25) is 0 Å². The van der Waals surface area contributed by atoms with E-state index in [4.69, 9.17) is 0 Å². The second-order valence-electron chi connectivity index (χ2n) is 4.16. The molecule has 1 heterocycles. The Balaban J connectivity index is 2.61. The fraction of sp³-hybridized carbons (Fsp3) is 0.286. The van der Waals surface area contributed by atoms with Crippen molar-refractivity contribution in [3.63, 3.8) is 0 Å². The molecule has 1 aromatic carbocycles. The lowest BCUT2D eigenvalue weighted by molar-refractivity contribution is 0.628. The van der Waals surface area contributed by atoms with E-state index in [-0.39, 0.29) is 5.82 Å². The first kappa shape index (κ1) is 15.4. The maximum absolute atomic E-state index is 13.4. The molecule has 0 bridgehead atoms. The molecular formula is C14H14Br2FN3. The van der Waals surface area contributed by atoms with Crippen molar-refractivity contribution in [1.82, 2.24) is 9.97 Å². The molecule has 0 radical (unpaired) electrons. The van der Waals surface area contributed by atoms with Gasteiger partial charge in [-0.25, -0.2) is 14.4 Å². The summed E-state index contributed by atoms with van der Waals surface area (Å²) in [5.41, 5.74) is 1.54. The average Bonchev–Trinajstić information content (AvgIpc) is 2.44. The fourth-order valence-electron chi connectivity index (χ4n) is 1.80. The summed E-state index contributed by atoms with van der Waals surface area (Å²) in [6.07, 6.45) is 0.765. The Morgan fingerprint density at radius 2 is 1.95 bits per heavy atom. The largest absolute Gasteiger partial charge is 0.369 e. The van der Waals surface area contributed by atoms with E-state index in [2.05, 4.69) is 47.1 Å². The van der Waals surface area contributed by atoms with Gasteiger partial charge in [0, 0.05) is 16.6 Å². The van der Waals surface area contributed by atoms with Crippen LogP contribution < -0.4 is 5.32 Å². The fourth-order valence-corrected chi connectivity index (χ4v) is 2.82. The van der Waals surface area contributed by atoms with Gasteiger partial charge in [-0.3, -0.25) is 0 Å². The van der Waals surface area contributed by atoms with E-state index < -0.39 is 0 Å². The molecule has 1 aromatic heterocycles. The lowest BCUT2D eigenvalue weighted by atomic mass is 10.2. The molecule has 106 valence electrons. The number of nitrogens with one attached hydrogen (secondary N) is 1. The molecule has 0 amide bonds. The standard InChI is InChI=1S/C14H14Br2FN3/c1-3-11-12(16)14(18-4-2)20-13(19-11)9-7-8(17)5-6-10(9)15/h5-7H,3-4H2,1-2H3,(H,18,19,20). The number of nitrogens with zero attached hydrogens (tertiary/aromatic N) is 2. The lowest BCUT2D eigenvalue weighted by Gasteiger charge is -2.12. The van der Waals surface area contributed by atoms with E-state index in [1.807, 2.05) is 13.8 Å². The number of hydrogen-bond donors (Lipinski definition) is 1. The van der Waals surface area contributed by atoms with Crippen LogP contribution in [0.15, 0.2) is 27.1 Å². The maximum Gasteiger partial charge on any atom is 0.163 e. The molecule has 20 heavy (non-hydrogen) atoms. The third-order valence-corrected chi connectivity index (χ3v) is 4.29. The third-order valence-electron chi connectivity index (χ3n) is 2.77. The first-order valence-corrected chi connectivity index (χ1v) is 7.91. The van der Waals surface area contributed by atoms with Gasteiger partial charge in [-0.05, 0) is 47.5 Å². The van der Waals surface area contributed by atoms with E-state index in [1.165, 1.54) is 12.1 Å². The van der Waals surface area contributed by atoms with E-state index >= 15 is 0 Å². The third kappa shape index (κ3) is 3.17. The second-order valence-corrected chi connectivity index (χ2v) is 5.81. The zero-order valence-corrected chi connectivity index (χ0v) is 14.3. The summed E-state index contributed by atoms with van der Waals surface area (Å²) in [6, 6.07) is 4.50. The lowest BCUT2D eigenvalue weighted by Crippen LogP contribution is -2.06. The van der Waals surface area contributed by atoms with E-state index in [0.717, 1.165) is 33.4 Å². The van der Waals surface area contributed by atoms with Crippen molar-refractivity contribution in [3.8, 4) is 11.4 Å². The van der Waals surface area contributed by atoms with E-state index in [0.29, 0.717) is 11.4 Å². The van der Waals surface area contributed by atoms with Gasteiger partial charge in [0.15, 0.2) is 5.82 Å². The quantitative estimate of drug-likeness (QED) is 0.797. The number of benzene rings is 1. The van der Waals surface area contributed by atoms with Crippen molar-refractivity contribution in [1.29, 1.82) is 0 Å². The topological polar surface area (TPSA) is 37.8 Å². The normalized spacial score (nSPS) is 10.7. The highest BCUT2D eigenvalue weighted by Gasteiger charge is 2.14. The predicted molar refractivity (Wildman–Crippen MR) is 86.4 cm³/mol. The van der Waals surface area contributed by atoms with Gasteiger partial charge in [0.25, 0.3) is 0 Å². The van der Waals surface area contributed by atoms with Crippen LogP contribution in [-0.2, 0) is 6.42 Å². The first-order valence-electron chi connectivity index (χ1n) is 6.32. The Bertz CT molecular complexity index is 632. The Morgan fingerprint density at radius 1 is 1.20 bits per heavy atom. The summed E-state index contributed by atoms with van der Waals surface area (Å²) in [6.45, 7) is 4.77. The predicted octanol–water partition coefficient (Wildman–Crippen LogP) is 4.80. The monoisotopic (exact) mass is 401 g/mol. The maximum atomic E-state index is 13.4. The number of halogens is 3. The van der Waals surface area contributed by atoms with Crippen LogP contribution in [0.1, 0.15) is 19.5 Å². The smallest absolute Gasteiger partial charge is 0.163 e. The molecule has 0 aliphatic rings. The minimum Gasteiger partial charge on any atom is -0.369 e. The highest BCUT2D eigenvalue weighted by atomic mass is 79.9. The van der Waals surface area contributed by atoms with Crippen LogP contribution in [0.4, 0.5) is 10.2 Å². The van der Waals surface area contributed by atoms with Gasteiger partial charge in [0.05, 0.1) is 10.2 Å². The molecule has 0 saturated carbocycles. The molecule has 0 aliphatic carbocycles. The van der Waals surface area contributed by atoms with Crippen LogP contribution in [0.3, 0.4) is 0 Å². The average molecular weight is 403 g/mol. The van der Waals surface area contributed by atoms with Crippen molar-refractivity contribution in [3.05, 3.63) is 38.7 Å². The molecule has 1 N–H and O–H groups in total. The van der Waals surface area contributed by atoms with Crippen LogP contribution in [0.25, 0.3) is 11.4 Å². The zero-order valence-electron chi connectivity index (χ0n) is 11.2. The molecule has 0 saturated heterocycles. The van der Waals surface area contributed by atoms with Crippen LogP contribution in [0.2, 0.25) is 0 Å². The van der Waals surface area contributed by atoms with Gasteiger partial charge in [-0.1, -0.05) is 22.9 Å². The SMILES string of the molecule is CCNc1nc(-c2cc(F)ccc2Br)nc(CC)c1Br. The molecule has 3 nitrogen and oxygen atoms in total. The summed E-state index contributed by atoms with van der Waals surface area (Å²) >= 11 is 6.93. The van der Waals surface area contributed by atoms with Crippen molar-refractivity contribution < 1.29 is 4.39 Å². The minimum atomic E-state index is -0.308. The Hall–Kier alpha value is -1.01. The number of rotatable bonds is 4. The number of hydrogen-bond acceptors (Lipinski definition) is 3. The number of aryl methyl sites for hydroxylation is 1. The Labute approximate surface area is 134 Å². The van der Waals surface area contributed by atoms with Crippen LogP contribution in [-0.4, -0.2) is 16.5 Å². The Morgan fingerprint density at radius 3 is 2.60 bits per heavy atom. The van der Waals surface area contributed by atoms with E-state index in [1.54, 1.807) is 6.07 Å². The number of anilines is 1. The van der Waals surface area contributed by atoms with Crippen LogP contribution in [0.5, 0.6) is 0 Å². The molecule has 0 aliphatic heterocycles. The van der Waals surface area contributed by atoms with E-state index in [9.17, 15) is 4.39 Å². The zero-order chi connectivity index (χ0) is 14.7. The van der Waals surface area contributed by atoms with Gasteiger partial charge in [0.1, 0.15) is 11.6 Å². The summed E-state index contributed by atoms with van der Waals surface area (Å²) in [5.74, 6) is 0.927. The molecular weight excluding hydrogens is 389 g/mol. The molecule has 0 unspecified atom stereocenters. The number of aromatic nitrogens is 2. The minimum absolute atomic E-state index is 0.308. The summed E-state index contributed by atoms with van der Waals surface area (Å²) in [5, 5.41) is 3.19. The highest BCUT2D eigenvalue weighted by molar-refractivity contribution is 9.11. The van der Waals surface area contributed by atoms with Gasteiger partial charge in [-0.2, -0.15) is 0 Å². The van der Waals surface area contributed by atoms with Crippen molar-refractivity contribution in [2.45, 2.75) is 20.3 Å². The Kier molecular flexibility index (Phi) is 5.10. The molecule has 2 rings (SSSR count). The highest BCUT2D eigenvalue weighted by Crippen LogP contribution is 2.31. The molecule has 6 heteroatoms.